The number of hydrogen-bond acceptors (Lipinski definition) is 1. The summed E-state index contributed by atoms with van der Waals surface area (Å²) in [5.41, 5.74) is -0.000145. The fourth-order valence-corrected chi connectivity index (χ4v) is 1.57. The molecule has 0 unspecified atom stereocenters. The molecule has 0 aliphatic heterocycles. The SMILES string of the molecule is O=C(NCCCCCCl)c1cc(F)cc(F)c1. The van der Waals surface area contributed by atoms with Crippen LogP contribution in [0.25, 0.3) is 0 Å². The third-order valence-electron chi connectivity index (χ3n) is 2.22. The molecule has 0 spiro atoms. The van der Waals surface area contributed by atoms with E-state index in [1.165, 1.54) is 0 Å². The molecule has 2 nitrogen and oxygen atoms in total. The van der Waals surface area contributed by atoms with Crippen molar-refractivity contribution in [1.29, 1.82) is 0 Å². The van der Waals surface area contributed by atoms with Gasteiger partial charge in [-0.2, -0.15) is 0 Å². The van der Waals surface area contributed by atoms with Crippen LogP contribution in [0.1, 0.15) is 29.6 Å². The quantitative estimate of drug-likeness (QED) is 0.619. The van der Waals surface area contributed by atoms with Crippen LogP contribution in [0.15, 0.2) is 18.2 Å². The van der Waals surface area contributed by atoms with E-state index in [1.54, 1.807) is 0 Å². The Morgan fingerprint density at radius 1 is 1.12 bits per heavy atom. The van der Waals surface area contributed by atoms with E-state index in [9.17, 15) is 13.6 Å². The normalized spacial score (nSPS) is 10.3. The van der Waals surface area contributed by atoms with E-state index >= 15 is 0 Å². The third-order valence-corrected chi connectivity index (χ3v) is 2.49. The summed E-state index contributed by atoms with van der Waals surface area (Å²) in [5.74, 6) is -1.37. The Balaban J connectivity index is 2.41. The first-order valence-electron chi connectivity index (χ1n) is 5.43. The molecule has 0 radical (unpaired) electrons. The second-order valence-electron chi connectivity index (χ2n) is 3.66. The molecule has 0 heterocycles. The Labute approximate surface area is 104 Å². The predicted molar refractivity (Wildman–Crippen MR) is 63.3 cm³/mol. The van der Waals surface area contributed by atoms with Gasteiger partial charge in [0.05, 0.1) is 0 Å². The first kappa shape index (κ1) is 13.9. The van der Waals surface area contributed by atoms with Crippen molar-refractivity contribution < 1.29 is 13.6 Å². The molecule has 17 heavy (non-hydrogen) atoms. The summed E-state index contributed by atoms with van der Waals surface area (Å²) >= 11 is 5.50. The summed E-state index contributed by atoms with van der Waals surface area (Å²) in [6.07, 6.45) is 2.61. The maximum atomic E-state index is 12.8. The number of unbranched alkanes of at least 4 members (excludes halogenated alkanes) is 2. The predicted octanol–water partition coefficient (Wildman–Crippen LogP) is 3.10. The molecule has 1 amide bonds. The van der Waals surface area contributed by atoms with Gasteiger partial charge in [-0.3, -0.25) is 4.79 Å². The zero-order valence-electron chi connectivity index (χ0n) is 9.31. The van der Waals surface area contributed by atoms with E-state index < -0.39 is 17.5 Å². The van der Waals surface area contributed by atoms with Gasteiger partial charge in [0.2, 0.25) is 0 Å². The van der Waals surface area contributed by atoms with Crippen molar-refractivity contribution in [2.45, 2.75) is 19.3 Å². The number of carbonyl (C=O) groups is 1. The zero-order valence-corrected chi connectivity index (χ0v) is 10.1. The maximum absolute atomic E-state index is 12.8. The number of hydrogen-bond donors (Lipinski definition) is 1. The fraction of sp³-hybridized carbons (Fsp3) is 0.417. The van der Waals surface area contributed by atoms with Gasteiger partial charge in [0.15, 0.2) is 0 Å². The Hall–Kier alpha value is -1.16. The molecule has 1 aromatic carbocycles. The Morgan fingerprint density at radius 3 is 2.35 bits per heavy atom. The maximum Gasteiger partial charge on any atom is 0.251 e. The van der Waals surface area contributed by atoms with Crippen LogP contribution < -0.4 is 5.32 Å². The highest BCUT2D eigenvalue weighted by atomic mass is 35.5. The average Bonchev–Trinajstić information content (AvgIpc) is 2.27. The molecular formula is C12H14ClF2NO. The van der Waals surface area contributed by atoms with Crippen LogP contribution in [0, 0.1) is 11.6 Å². The van der Waals surface area contributed by atoms with Crippen LogP contribution in [0.5, 0.6) is 0 Å². The zero-order chi connectivity index (χ0) is 12.7. The highest BCUT2D eigenvalue weighted by Crippen LogP contribution is 2.07. The molecule has 0 aliphatic carbocycles. The van der Waals surface area contributed by atoms with Gasteiger partial charge in [0.25, 0.3) is 5.91 Å². The molecule has 1 aromatic rings. The summed E-state index contributed by atoms with van der Waals surface area (Å²) in [7, 11) is 0. The number of nitrogens with one attached hydrogen (secondary N) is 1. The first-order chi connectivity index (χ1) is 8.13. The van der Waals surface area contributed by atoms with Crippen LogP contribution in [0.2, 0.25) is 0 Å². The van der Waals surface area contributed by atoms with Crippen molar-refractivity contribution in [3.63, 3.8) is 0 Å². The van der Waals surface area contributed by atoms with Crippen molar-refractivity contribution in [3.8, 4) is 0 Å². The number of halogens is 3. The number of carbonyl (C=O) groups excluding carboxylic acids is 1. The van der Waals surface area contributed by atoms with Gasteiger partial charge in [-0.25, -0.2) is 8.78 Å². The standard InChI is InChI=1S/C12H14ClF2NO/c13-4-2-1-3-5-16-12(17)9-6-10(14)8-11(15)7-9/h6-8H,1-5H2,(H,16,17). The summed E-state index contributed by atoms with van der Waals surface area (Å²) in [5, 5.41) is 2.60. The molecule has 0 fully saturated rings. The number of alkyl halides is 1. The van der Waals surface area contributed by atoms with Crippen molar-refractivity contribution in [2.24, 2.45) is 0 Å². The van der Waals surface area contributed by atoms with E-state index in [1.807, 2.05) is 0 Å². The second-order valence-corrected chi connectivity index (χ2v) is 4.04. The molecule has 1 rings (SSSR count). The lowest BCUT2D eigenvalue weighted by Gasteiger charge is -2.05. The lowest BCUT2D eigenvalue weighted by molar-refractivity contribution is 0.0952. The van der Waals surface area contributed by atoms with Crippen molar-refractivity contribution in [3.05, 3.63) is 35.4 Å². The van der Waals surface area contributed by atoms with Crippen molar-refractivity contribution >= 4 is 17.5 Å². The van der Waals surface area contributed by atoms with Gasteiger partial charge in [0, 0.05) is 24.1 Å². The largest absolute Gasteiger partial charge is 0.352 e. The minimum atomic E-state index is -0.753. The van der Waals surface area contributed by atoms with Gasteiger partial charge < -0.3 is 5.32 Å². The molecule has 0 saturated carbocycles. The highest BCUT2D eigenvalue weighted by molar-refractivity contribution is 6.17. The lowest BCUT2D eigenvalue weighted by atomic mass is 10.2. The third kappa shape index (κ3) is 5.13. The van der Waals surface area contributed by atoms with E-state index in [0.717, 1.165) is 37.5 Å². The molecule has 0 saturated heterocycles. The topological polar surface area (TPSA) is 29.1 Å². The number of rotatable bonds is 6. The Bertz CT molecular complexity index is 365. The van der Waals surface area contributed by atoms with Crippen LogP contribution in [-0.4, -0.2) is 18.3 Å². The second kappa shape index (κ2) is 7.22. The number of benzene rings is 1. The smallest absolute Gasteiger partial charge is 0.251 e. The highest BCUT2D eigenvalue weighted by Gasteiger charge is 2.08. The van der Waals surface area contributed by atoms with Crippen LogP contribution >= 0.6 is 11.6 Å². The van der Waals surface area contributed by atoms with Crippen molar-refractivity contribution in [1.82, 2.24) is 5.32 Å². The Morgan fingerprint density at radius 2 is 1.76 bits per heavy atom. The molecule has 1 N–H and O–H groups in total. The monoisotopic (exact) mass is 261 g/mol. The van der Waals surface area contributed by atoms with E-state index in [2.05, 4.69) is 5.32 Å². The van der Waals surface area contributed by atoms with Gasteiger partial charge in [-0.15, -0.1) is 11.6 Å². The summed E-state index contributed by atoms with van der Waals surface area (Å²) in [6, 6.07) is 2.76. The molecule has 0 aromatic heterocycles. The first-order valence-corrected chi connectivity index (χ1v) is 5.97. The van der Waals surface area contributed by atoms with E-state index in [-0.39, 0.29) is 5.56 Å². The average molecular weight is 262 g/mol. The van der Waals surface area contributed by atoms with Crippen LogP contribution in [0.3, 0.4) is 0 Å². The van der Waals surface area contributed by atoms with Gasteiger partial charge in [-0.1, -0.05) is 6.42 Å². The van der Waals surface area contributed by atoms with Gasteiger partial charge in [0.1, 0.15) is 11.6 Å². The van der Waals surface area contributed by atoms with Crippen LogP contribution in [-0.2, 0) is 0 Å². The van der Waals surface area contributed by atoms with E-state index in [4.69, 9.17) is 11.6 Å². The minimum Gasteiger partial charge on any atom is -0.352 e. The summed E-state index contributed by atoms with van der Waals surface area (Å²) < 4.78 is 25.7. The summed E-state index contributed by atoms with van der Waals surface area (Å²) in [6.45, 7) is 0.480. The van der Waals surface area contributed by atoms with Gasteiger partial charge >= 0.3 is 0 Å². The summed E-state index contributed by atoms with van der Waals surface area (Å²) in [4.78, 5) is 11.5. The molecule has 0 atom stereocenters. The fourth-order valence-electron chi connectivity index (χ4n) is 1.39. The van der Waals surface area contributed by atoms with Gasteiger partial charge in [-0.05, 0) is 25.0 Å². The molecule has 5 heteroatoms. The molecule has 0 bridgehead atoms. The molecule has 94 valence electrons. The number of amides is 1. The molecular weight excluding hydrogens is 248 g/mol. The minimum absolute atomic E-state index is 0.000145. The lowest BCUT2D eigenvalue weighted by Crippen LogP contribution is -2.24. The van der Waals surface area contributed by atoms with E-state index in [0.29, 0.717) is 12.4 Å². The molecule has 0 aliphatic rings. The van der Waals surface area contributed by atoms with Crippen molar-refractivity contribution in [2.75, 3.05) is 12.4 Å². The Kier molecular flexibility index (Phi) is 5.91. The van der Waals surface area contributed by atoms with Crippen LogP contribution in [0.4, 0.5) is 8.78 Å².